The first kappa shape index (κ1) is 19.4. The van der Waals surface area contributed by atoms with Crippen molar-refractivity contribution in [2.24, 2.45) is 0 Å². The second-order valence-electron chi connectivity index (χ2n) is 6.98. The molecule has 1 aliphatic rings. The van der Waals surface area contributed by atoms with Crippen LogP contribution in [-0.4, -0.2) is 39.7 Å². The largest absolute Gasteiger partial charge is 0.478 e. The minimum Gasteiger partial charge on any atom is -0.478 e. The molecule has 27 heavy (non-hydrogen) atoms. The van der Waals surface area contributed by atoms with Crippen molar-refractivity contribution in [3.05, 3.63) is 35.1 Å². The summed E-state index contributed by atoms with van der Waals surface area (Å²) in [5, 5.41) is 9.34. The molecule has 0 aliphatic carbocycles. The molecule has 1 aromatic heterocycles. The summed E-state index contributed by atoms with van der Waals surface area (Å²) >= 11 is 5.76. The Bertz CT molecular complexity index is 854. The number of piperidine rings is 1. The van der Waals surface area contributed by atoms with E-state index in [2.05, 4.69) is 14.9 Å². The first-order valence-electron chi connectivity index (χ1n) is 8.78. The van der Waals surface area contributed by atoms with Gasteiger partial charge in [-0.3, -0.25) is 0 Å². The highest BCUT2D eigenvalue weighted by Gasteiger charge is 2.30. The van der Waals surface area contributed by atoms with Crippen molar-refractivity contribution in [3.8, 4) is 17.3 Å². The zero-order chi connectivity index (χ0) is 19.6. The van der Waals surface area contributed by atoms with E-state index in [-0.39, 0.29) is 16.7 Å². The van der Waals surface area contributed by atoms with Crippen LogP contribution in [0.1, 0.15) is 33.1 Å². The molecule has 0 bridgehead atoms. The molecule has 8 heteroatoms. The van der Waals surface area contributed by atoms with Gasteiger partial charge in [-0.15, -0.1) is 0 Å². The molecule has 1 saturated heterocycles. The number of hydrogen-bond acceptors (Lipinski definition) is 5. The van der Waals surface area contributed by atoms with Gasteiger partial charge in [-0.2, -0.15) is 4.98 Å². The smallest absolute Gasteiger partial charge is 0.347 e. The highest BCUT2D eigenvalue weighted by atomic mass is 35.5. The molecular formula is C19H21ClFN3O3. The van der Waals surface area contributed by atoms with Crippen LogP contribution in [0.5, 0.6) is 5.88 Å². The number of nitrogens with zero attached hydrogens (tertiary/aromatic N) is 3. The maximum absolute atomic E-state index is 13.9. The van der Waals surface area contributed by atoms with Crippen molar-refractivity contribution < 1.29 is 19.0 Å². The first-order valence-corrected chi connectivity index (χ1v) is 9.16. The molecule has 0 saturated carbocycles. The third-order valence-corrected chi connectivity index (χ3v) is 4.73. The van der Waals surface area contributed by atoms with Crippen LogP contribution >= 0.6 is 11.6 Å². The van der Waals surface area contributed by atoms with Crippen molar-refractivity contribution in [1.29, 1.82) is 0 Å². The molecule has 2 heterocycles. The van der Waals surface area contributed by atoms with Gasteiger partial charge in [0.15, 0.2) is 5.82 Å². The molecule has 3 rings (SSSR count). The first-order chi connectivity index (χ1) is 12.8. The monoisotopic (exact) mass is 393 g/mol. The van der Waals surface area contributed by atoms with Crippen LogP contribution in [0.4, 0.5) is 10.2 Å². The summed E-state index contributed by atoms with van der Waals surface area (Å²) in [4.78, 5) is 22.4. The molecule has 1 fully saturated rings. The molecule has 0 spiro atoms. The number of rotatable bonds is 5. The third-order valence-electron chi connectivity index (χ3n) is 4.42. The maximum Gasteiger partial charge on any atom is 0.347 e. The fraction of sp³-hybridized carbons (Fsp3) is 0.421. The lowest BCUT2D eigenvalue weighted by atomic mass is 10.1. The molecule has 1 aliphatic heterocycles. The number of aromatic nitrogens is 2. The summed E-state index contributed by atoms with van der Waals surface area (Å²) in [5.74, 6) is -0.673. The van der Waals surface area contributed by atoms with E-state index in [4.69, 9.17) is 16.3 Å². The molecule has 1 aromatic carbocycles. The Hall–Kier alpha value is -2.41. The van der Waals surface area contributed by atoms with E-state index in [1.165, 1.54) is 26.0 Å². The van der Waals surface area contributed by atoms with Gasteiger partial charge in [0.05, 0.1) is 5.02 Å². The number of halogens is 2. The minimum atomic E-state index is -1.46. The van der Waals surface area contributed by atoms with Crippen LogP contribution in [0.2, 0.25) is 5.02 Å². The number of anilines is 1. The van der Waals surface area contributed by atoms with E-state index in [0.29, 0.717) is 11.4 Å². The Morgan fingerprint density at radius 3 is 2.56 bits per heavy atom. The lowest BCUT2D eigenvalue weighted by Crippen LogP contribution is -2.38. The predicted molar refractivity (Wildman–Crippen MR) is 101 cm³/mol. The Balaban J connectivity index is 2.04. The standard InChI is InChI=1S/C19H21ClFN3O3/c1-19(2,18(25)26)27-16-11-15(24-8-4-3-5-9-24)22-17(23-16)12-6-7-13(20)14(21)10-12/h6-7,10-11H,3-5,8-9H2,1-2H3,(H,25,26). The van der Waals surface area contributed by atoms with Gasteiger partial charge in [0.25, 0.3) is 0 Å². The summed E-state index contributed by atoms with van der Waals surface area (Å²) in [6.07, 6.45) is 3.25. The number of benzene rings is 1. The van der Waals surface area contributed by atoms with E-state index in [1.807, 2.05) is 0 Å². The van der Waals surface area contributed by atoms with Crippen LogP contribution in [0, 0.1) is 5.82 Å². The topological polar surface area (TPSA) is 75.5 Å². The van der Waals surface area contributed by atoms with Crippen LogP contribution in [0.25, 0.3) is 11.4 Å². The van der Waals surface area contributed by atoms with Crippen molar-refractivity contribution >= 4 is 23.4 Å². The molecule has 0 amide bonds. The van der Waals surface area contributed by atoms with Crippen molar-refractivity contribution in [1.82, 2.24) is 9.97 Å². The number of carboxylic acid groups (broad SMARTS) is 1. The summed E-state index contributed by atoms with van der Waals surface area (Å²) < 4.78 is 19.5. The maximum atomic E-state index is 13.9. The fourth-order valence-corrected chi connectivity index (χ4v) is 2.94. The van der Waals surface area contributed by atoms with Gasteiger partial charge in [-0.1, -0.05) is 11.6 Å². The van der Waals surface area contributed by atoms with Crippen LogP contribution in [-0.2, 0) is 4.79 Å². The van der Waals surface area contributed by atoms with E-state index >= 15 is 0 Å². The summed E-state index contributed by atoms with van der Waals surface area (Å²) in [6, 6.07) is 5.94. The Morgan fingerprint density at radius 2 is 1.93 bits per heavy atom. The predicted octanol–water partition coefficient (Wildman–Crippen LogP) is 4.17. The minimum absolute atomic E-state index is 0.00872. The van der Waals surface area contributed by atoms with Crippen LogP contribution < -0.4 is 9.64 Å². The molecule has 0 unspecified atom stereocenters. The average Bonchev–Trinajstić information content (AvgIpc) is 2.64. The normalized spacial score (nSPS) is 14.9. The summed E-state index contributed by atoms with van der Waals surface area (Å²) in [5.41, 5.74) is -1.02. The zero-order valence-electron chi connectivity index (χ0n) is 15.2. The number of aliphatic carboxylic acids is 1. The lowest BCUT2D eigenvalue weighted by molar-refractivity contribution is -0.152. The van der Waals surface area contributed by atoms with E-state index in [0.717, 1.165) is 32.4 Å². The fourth-order valence-electron chi connectivity index (χ4n) is 2.82. The van der Waals surface area contributed by atoms with Gasteiger partial charge < -0.3 is 14.7 Å². The molecule has 144 valence electrons. The highest BCUT2D eigenvalue weighted by molar-refractivity contribution is 6.30. The van der Waals surface area contributed by atoms with Crippen LogP contribution in [0.15, 0.2) is 24.3 Å². The second-order valence-corrected chi connectivity index (χ2v) is 7.39. The van der Waals surface area contributed by atoms with E-state index in [9.17, 15) is 14.3 Å². The zero-order valence-corrected chi connectivity index (χ0v) is 16.0. The average molecular weight is 394 g/mol. The van der Waals surface area contributed by atoms with Gasteiger partial charge in [0, 0.05) is 24.7 Å². The molecular weight excluding hydrogens is 373 g/mol. The number of carbonyl (C=O) groups is 1. The lowest BCUT2D eigenvalue weighted by Gasteiger charge is -2.29. The Morgan fingerprint density at radius 1 is 1.22 bits per heavy atom. The van der Waals surface area contributed by atoms with Gasteiger partial charge in [-0.05, 0) is 51.3 Å². The van der Waals surface area contributed by atoms with Gasteiger partial charge in [0.2, 0.25) is 11.5 Å². The summed E-state index contributed by atoms with van der Waals surface area (Å²) in [7, 11) is 0. The molecule has 2 aromatic rings. The molecule has 0 radical (unpaired) electrons. The second kappa shape index (κ2) is 7.68. The van der Waals surface area contributed by atoms with Crippen molar-refractivity contribution in [2.45, 2.75) is 38.7 Å². The van der Waals surface area contributed by atoms with Gasteiger partial charge in [-0.25, -0.2) is 14.2 Å². The van der Waals surface area contributed by atoms with Crippen molar-refractivity contribution in [3.63, 3.8) is 0 Å². The quantitative estimate of drug-likeness (QED) is 0.821. The Labute approximate surface area is 162 Å². The number of carboxylic acids is 1. The van der Waals surface area contributed by atoms with Gasteiger partial charge >= 0.3 is 5.97 Å². The third kappa shape index (κ3) is 4.47. The number of ether oxygens (including phenoxy) is 1. The summed E-state index contributed by atoms with van der Waals surface area (Å²) in [6.45, 7) is 4.57. The molecule has 1 N–H and O–H groups in total. The highest BCUT2D eigenvalue weighted by Crippen LogP contribution is 2.29. The van der Waals surface area contributed by atoms with Crippen molar-refractivity contribution in [2.75, 3.05) is 18.0 Å². The Kier molecular flexibility index (Phi) is 5.51. The van der Waals surface area contributed by atoms with E-state index in [1.54, 1.807) is 12.1 Å². The van der Waals surface area contributed by atoms with Crippen LogP contribution in [0.3, 0.4) is 0 Å². The SMILES string of the molecule is CC(C)(Oc1cc(N2CCCCC2)nc(-c2ccc(Cl)c(F)c2)n1)C(=O)O. The number of hydrogen-bond donors (Lipinski definition) is 1. The van der Waals surface area contributed by atoms with E-state index < -0.39 is 17.4 Å². The molecule has 6 nitrogen and oxygen atoms in total. The van der Waals surface area contributed by atoms with Gasteiger partial charge in [0.1, 0.15) is 11.6 Å². The molecule has 0 atom stereocenters.